The number of unbranched alkanes of at least 4 members (excludes halogenated alkanes) is 1. The van der Waals surface area contributed by atoms with Gasteiger partial charge in [-0.15, -0.1) is 0 Å². The van der Waals surface area contributed by atoms with Crippen molar-refractivity contribution in [1.82, 2.24) is 0 Å². The normalized spacial score (nSPS) is 10.7. The van der Waals surface area contributed by atoms with Crippen molar-refractivity contribution in [2.75, 3.05) is 12.4 Å². The largest absolute Gasteiger partial charge is 0.492 e. The maximum atomic E-state index is 11.1. The first-order chi connectivity index (χ1) is 17.8. The maximum absolute atomic E-state index is 11.1. The Balaban J connectivity index is 1.99. The molecule has 0 spiro atoms. The first kappa shape index (κ1) is 28.1. The topological polar surface area (TPSA) is 63.6 Å². The molecule has 1 N–H and O–H groups in total. The van der Waals surface area contributed by atoms with Gasteiger partial charge < -0.3 is 4.74 Å². The monoisotopic (exact) mass is 514 g/mol. The minimum Gasteiger partial charge on any atom is -0.492 e. The highest BCUT2D eigenvalue weighted by molar-refractivity contribution is 7.85. The predicted octanol–water partition coefficient (Wildman–Crippen LogP) is 6.36. The lowest BCUT2D eigenvalue weighted by atomic mass is 9.98. The molecule has 37 heavy (non-hydrogen) atoms. The predicted molar refractivity (Wildman–Crippen MR) is 151 cm³/mol. The average molecular weight is 515 g/mol. The Morgan fingerprint density at radius 1 is 0.811 bits per heavy atom. The molecule has 0 heterocycles. The summed E-state index contributed by atoms with van der Waals surface area (Å²) in [6.07, 6.45) is 4.12. The van der Waals surface area contributed by atoms with Crippen molar-refractivity contribution in [2.45, 2.75) is 52.9 Å². The first-order valence-corrected chi connectivity index (χ1v) is 14.3. The van der Waals surface area contributed by atoms with Crippen LogP contribution in [0.2, 0.25) is 0 Å². The molecule has 0 atom stereocenters. The summed E-state index contributed by atoms with van der Waals surface area (Å²) in [5, 5.41) is 0. The second kappa shape index (κ2) is 13.7. The zero-order chi connectivity index (χ0) is 26.7. The van der Waals surface area contributed by atoms with Crippen molar-refractivity contribution >= 4 is 10.1 Å². The van der Waals surface area contributed by atoms with Crippen molar-refractivity contribution in [3.05, 3.63) is 99.6 Å². The molecule has 0 unspecified atom stereocenters. The number of rotatable bonds is 9. The third kappa shape index (κ3) is 9.47. The van der Waals surface area contributed by atoms with Gasteiger partial charge in [0.05, 0.1) is 17.9 Å². The summed E-state index contributed by atoms with van der Waals surface area (Å²) in [4.78, 5) is 0. The summed E-state index contributed by atoms with van der Waals surface area (Å²) in [6.45, 7) is 6.46. The summed E-state index contributed by atoms with van der Waals surface area (Å²) in [7, 11) is -4.04. The second-order valence-electron chi connectivity index (χ2n) is 9.01. The summed E-state index contributed by atoms with van der Waals surface area (Å²) in [6, 6.07) is 20.2. The van der Waals surface area contributed by atoms with Crippen LogP contribution in [-0.4, -0.2) is 25.3 Å². The van der Waals surface area contributed by atoms with Gasteiger partial charge in [-0.2, -0.15) is 8.42 Å². The van der Waals surface area contributed by atoms with Crippen LogP contribution in [0.1, 0.15) is 72.1 Å². The Hall–Kier alpha value is -3.51. The van der Waals surface area contributed by atoms with Crippen molar-refractivity contribution in [1.29, 1.82) is 0 Å². The molecule has 0 aromatic heterocycles. The Morgan fingerprint density at radius 2 is 1.43 bits per heavy atom. The summed E-state index contributed by atoms with van der Waals surface area (Å²) in [5.74, 6) is 13.3. The lowest BCUT2D eigenvalue weighted by Gasteiger charge is -2.12. The van der Waals surface area contributed by atoms with Gasteiger partial charge in [0.2, 0.25) is 0 Å². The van der Waals surface area contributed by atoms with Crippen LogP contribution in [0.4, 0.5) is 0 Å². The summed E-state index contributed by atoms with van der Waals surface area (Å²) >= 11 is 0. The highest BCUT2D eigenvalue weighted by atomic mass is 32.2. The maximum Gasteiger partial charge on any atom is 0.264 e. The van der Waals surface area contributed by atoms with Crippen molar-refractivity contribution in [3.8, 4) is 29.4 Å². The van der Waals surface area contributed by atoms with Crippen LogP contribution < -0.4 is 4.74 Å². The Kier molecular flexibility index (Phi) is 10.4. The highest BCUT2D eigenvalue weighted by Gasteiger charge is 2.11. The number of ether oxygens (including phenoxy) is 1. The molecule has 5 heteroatoms. The van der Waals surface area contributed by atoms with E-state index < -0.39 is 10.1 Å². The van der Waals surface area contributed by atoms with E-state index in [9.17, 15) is 8.42 Å². The molecule has 0 aliphatic rings. The number of benzene rings is 3. The fourth-order valence-electron chi connectivity index (χ4n) is 3.70. The number of hydrogen-bond donors (Lipinski definition) is 1. The first-order valence-electron chi connectivity index (χ1n) is 12.7. The van der Waals surface area contributed by atoms with Crippen LogP contribution in [-0.2, 0) is 23.0 Å². The molecule has 3 aromatic rings. The van der Waals surface area contributed by atoms with E-state index in [4.69, 9.17) is 9.29 Å². The molecule has 0 amide bonds. The van der Waals surface area contributed by atoms with Gasteiger partial charge in [0, 0.05) is 16.7 Å². The minimum absolute atomic E-state index is 0.138. The van der Waals surface area contributed by atoms with Crippen LogP contribution in [0.5, 0.6) is 5.75 Å². The van der Waals surface area contributed by atoms with Gasteiger partial charge >= 0.3 is 0 Å². The molecule has 3 aromatic carbocycles. The van der Waals surface area contributed by atoms with Gasteiger partial charge in [-0.3, -0.25) is 4.55 Å². The zero-order valence-electron chi connectivity index (χ0n) is 21.8. The van der Waals surface area contributed by atoms with E-state index in [1.807, 2.05) is 55.5 Å². The third-order valence-electron chi connectivity index (χ3n) is 5.91. The van der Waals surface area contributed by atoms with Crippen LogP contribution in [0.25, 0.3) is 0 Å². The van der Waals surface area contributed by atoms with Crippen molar-refractivity contribution in [2.24, 2.45) is 0 Å². The standard InChI is InChI=1S/C32H34O4S/c1-4-6-8-29-23-31(20-18-27-11-9-25(3)10-12-27)32(36-21-7-22-37(33,34)35)24-30(29)19-17-28-15-13-26(5-2)14-16-28/h9-16,23-24H,4-8,21-22H2,1-3H3,(H,33,34,35). The number of aryl methyl sites for hydroxylation is 3. The van der Waals surface area contributed by atoms with E-state index in [1.165, 1.54) is 11.1 Å². The molecule has 0 bridgehead atoms. The zero-order valence-corrected chi connectivity index (χ0v) is 22.6. The Labute approximate surface area is 221 Å². The van der Waals surface area contributed by atoms with Gasteiger partial charge in [0.1, 0.15) is 5.75 Å². The minimum atomic E-state index is -4.04. The Bertz CT molecular complexity index is 1410. The van der Waals surface area contributed by atoms with E-state index in [0.717, 1.165) is 53.5 Å². The molecule has 4 nitrogen and oxygen atoms in total. The van der Waals surface area contributed by atoms with Crippen LogP contribution in [0.15, 0.2) is 60.7 Å². The fraction of sp³-hybridized carbons (Fsp3) is 0.312. The van der Waals surface area contributed by atoms with E-state index in [-0.39, 0.29) is 18.8 Å². The molecule has 0 radical (unpaired) electrons. The van der Waals surface area contributed by atoms with Gasteiger partial charge in [-0.1, -0.05) is 73.8 Å². The molecular formula is C32H34O4S. The summed E-state index contributed by atoms with van der Waals surface area (Å²) < 4.78 is 37.2. The SMILES string of the molecule is CCCCc1cc(C#Cc2ccc(C)cc2)c(OCCCS(=O)(=O)O)cc1C#Cc1ccc(CC)cc1. The molecule has 0 aliphatic carbocycles. The molecule has 0 fully saturated rings. The summed E-state index contributed by atoms with van der Waals surface area (Å²) in [5.41, 5.74) is 7.00. The Morgan fingerprint density at radius 3 is 2.03 bits per heavy atom. The van der Waals surface area contributed by atoms with Gasteiger partial charge in [0.15, 0.2) is 0 Å². The lowest BCUT2D eigenvalue weighted by molar-refractivity contribution is 0.315. The molecular weight excluding hydrogens is 480 g/mol. The van der Waals surface area contributed by atoms with E-state index >= 15 is 0 Å². The quantitative estimate of drug-likeness (QED) is 0.205. The average Bonchev–Trinajstić information content (AvgIpc) is 2.88. The fourth-order valence-corrected chi connectivity index (χ4v) is 4.18. The molecule has 192 valence electrons. The van der Waals surface area contributed by atoms with Crippen LogP contribution in [0.3, 0.4) is 0 Å². The van der Waals surface area contributed by atoms with Crippen molar-refractivity contribution in [3.63, 3.8) is 0 Å². The highest BCUT2D eigenvalue weighted by Crippen LogP contribution is 2.25. The van der Waals surface area contributed by atoms with E-state index in [1.54, 1.807) is 0 Å². The third-order valence-corrected chi connectivity index (χ3v) is 6.71. The van der Waals surface area contributed by atoms with Gasteiger partial charge in [-0.05, 0) is 80.1 Å². The molecule has 0 saturated carbocycles. The number of hydrogen-bond acceptors (Lipinski definition) is 3. The molecule has 0 saturated heterocycles. The molecule has 0 aliphatic heterocycles. The lowest BCUT2D eigenvalue weighted by Crippen LogP contribution is -2.09. The van der Waals surface area contributed by atoms with Crippen LogP contribution >= 0.6 is 0 Å². The molecule has 3 rings (SSSR count). The van der Waals surface area contributed by atoms with Crippen LogP contribution in [0, 0.1) is 30.6 Å². The van der Waals surface area contributed by atoms with Gasteiger partial charge in [0.25, 0.3) is 10.1 Å². The second-order valence-corrected chi connectivity index (χ2v) is 10.6. The van der Waals surface area contributed by atoms with Gasteiger partial charge in [-0.25, -0.2) is 0 Å². The smallest absolute Gasteiger partial charge is 0.264 e. The van der Waals surface area contributed by atoms with E-state index in [2.05, 4.69) is 49.7 Å². The van der Waals surface area contributed by atoms with E-state index in [0.29, 0.717) is 5.75 Å². The van der Waals surface area contributed by atoms with Crippen molar-refractivity contribution < 1.29 is 17.7 Å².